The highest BCUT2D eigenvalue weighted by Crippen LogP contribution is 2.24. The molecule has 2 rings (SSSR count). The number of halogens is 2. The first-order valence-electron chi connectivity index (χ1n) is 5.41. The van der Waals surface area contributed by atoms with Crippen LogP contribution in [0.2, 0.25) is 10.0 Å². The lowest BCUT2D eigenvalue weighted by atomic mass is 10.1. The maximum Gasteiger partial charge on any atom is 0.156 e. The van der Waals surface area contributed by atoms with Crippen LogP contribution in [0.15, 0.2) is 46.2 Å². The number of furan rings is 1. The van der Waals surface area contributed by atoms with Crippen LogP contribution in [0.5, 0.6) is 0 Å². The molecular weight excluding hydrogens is 273 g/mol. The molecule has 0 unspecified atom stereocenters. The maximum atomic E-state index is 5.99. The van der Waals surface area contributed by atoms with E-state index in [1.807, 2.05) is 13.0 Å². The molecule has 0 saturated carbocycles. The lowest BCUT2D eigenvalue weighted by Crippen LogP contribution is -2.03. The standard InChI is InChI=1S/C13H11Cl2NO2/c1-2-18-16-13(12-4-3-7-17-12)9-5-6-10(14)11(15)8-9/h3-8H,2H2,1H3/b16-13+. The SMILES string of the molecule is CCO/N=C(\c1ccc(Cl)c(Cl)c1)c1ccco1. The summed E-state index contributed by atoms with van der Waals surface area (Å²) in [5, 5.41) is 5.01. The van der Waals surface area contributed by atoms with Crippen LogP contribution in [0.4, 0.5) is 0 Å². The number of nitrogens with zero attached hydrogens (tertiary/aromatic N) is 1. The lowest BCUT2D eigenvalue weighted by Gasteiger charge is -2.05. The van der Waals surface area contributed by atoms with E-state index in [9.17, 15) is 0 Å². The van der Waals surface area contributed by atoms with Crippen molar-refractivity contribution in [3.05, 3.63) is 58.0 Å². The molecule has 0 aliphatic rings. The van der Waals surface area contributed by atoms with Gasteiger partial charge in [-0.25, -0.2) is 0 Å². The second kappa shape index (κ2) is 5.94. The second-order valence-electron chi connectivity index (χ2n) is 3.46. The van der Waals surface area contributed by atoms with E-state index >= 15 is 0 Å². The Morgan fingerprint density at radius 1 is 1.28 bits per heavy atom. The molecule has 18 heavy (non-hydrogen) atoms. The second-order valence-corrected chi connectivity index (χ2v) is 4.28. The fourth-order valence-electron chi connectivity index (χ4n) is 1.43. The normalized spacial score (nSPS) is 11.6. The molecule has 5 heteroatoms. The van der Waals surface area contributed by atoms with E-state index in [1.165, 1.54) is 0 Å². The summed E-state index contributed by atoms with van der Waals surface area (Å²) in [5.41, 5.74) is 1.37. The molecular formula is C13H11Cl2NO2. The van der Waals surface area contributed by atoms with Crippen molar-refractivity contribution in [2.24, 2.45) is 5.16 Å². The van der Waals surface area contributed by atoms with Gasteiger partial charge in [0.2, 0.25) is 0 Å². The van der Waals surface area contributed by atoms with E-state index in [0.717, 1.165) is 5.56 Å². The van der Waals surface area contributed by atoms with E-state index in [-0.39, 0.29) is 0 Å². The predicted octanol–water partition coefficient (Wildman–Crippen LogP) is 4.38. The molecule has 0 bridgehead atoms. The topological polar surface area (TPSA) is 34.7 Å². The van der Waals surface area contributed by atoms with E-state index in [1.54, 1.807) is 30.5 Å². The summed E-state index contributed by atoms with van der Waals surface area (Å²) in [6.07, 6.45) is 1.58. The Hall–Kier alpha value is -1.45. The van der Waals surface area contributed by atoms with Crippen molar-refractivity contribution < 1.29 is 9.25 Å². The maximum absolute atomic E-state index is 5.99. The molecule has 0 aliphatic carbocycles. The zero-order valence-corrected chi connectivity index (χ0v) is 11.2. The van der Waals surface area contributed by atoms with Gasteiger partial charge in [0.15, 0.2) is 11.5 Å². The summed E-state index contributed by atoms with van der Waals surface area (Å²) in [4.78, 5) is 5.10. The molecule has 0 saturated heterocycles. The van der Waals surface area contributed by atoms with Crippen molar-refractivity contribution in [2.75, 3.05) is 6.61 Å². The predicted molar refractivity (Wildman–Crippen MR) is 72.4 cm³/mol. The minimum Gasteiger partial charge on any atom is -0.463 e. The van der Waals surface area contributed by atoms with Gasteiger partial charge in [0, 0.05) is 5.56 Å². The van der Waals surface area contributed by atoms with E-state index in [0.29, 0.717) is 28.1 Å². The molecule has 0 aliphatic heterocycles. The molecule has 3 nitrogen and oxygen atoms in total. The van der Waals surface area contributed by atoms with Crippen LogP contribution in [0.1, 0.15) is 18.2 Å². The minimum absolute atomic E-state index is 0.463. The number of benzene rings is 1. The zero-order valence-electron chi connectivity index (χ0n) is 9.69. The monoisotopic (exact) mass is 283 g/mol. The largest absolute Gasteiger partial charge is 0.463 e. The van der Waals surface area contributed by atoms with Gasteiger partial charge in [-0.1, -0.05) is 34.4 Å². The fraction of sp³-hybridized carbons (Fsp3) is 0.154. The summed E-state index contributed by atoms with van der Waals surface area (Å²) < 4.78 is 5.33. The Kier molecular flexibility index (Phi) is 4.28. The van der Waals surface area contributed by atoms with Gasteiger partial charge in [-0.2, -0.15) is 0 Å². The first kappa shape index (κ1) is 13.0. The van der Waals surface area contributed by atoms with Gasteiger partial charge in [-0.3, -0.25) is 0 Å². The third kappa shape index (κ3) is 2.86. The average molecular weight is 284 g/mol. The molecule has 0 amide bonds. The average Bonchev–Trinajstić information content (AvgIpc) is 2.88. The third-order valence-electron chi connectivity index (χ3n) is 2.23. The van der Waals surface area contributed by atoms with Crippen LogP contribution in [0.25, 0.3) is 0 Å². The summed E-state index contributed by atoms with van der Waals surface area (Å²) in [6, 6.07) is 8.84. The summed E-state index contributed by atoms with van der Waals surface area (Å²) in [7, 11) is 0. The van der Waals surface area contributed by atoms with Crippen molar-refractivity contribution >= 4 is 28.9 Å². The number of hydrogen-bond acceptors (Lipinski definition) is 3. The van der Waals surface area contributed by atoms with Crippen molar-refractivity contribution in [3.63, 3.8) is 0 Å². The zero-order chi connectivity index (χ0) is 13.0. The molecule has 1 aromatic carbocycles. The molecule has 0 atom stereocenters. The number of oxime groups is 1. The van der Waals surface area contributed by atoms with Crippen LogP contribution in [0.3, 0.4) is 0 Å². The van der Waals surface area contributed by atoms with E-state index in [2.05, 4.69) is 5.16 Å². The Morgan fingerprint density at radius 2 is 2.11 bits per heavy atom. The van der Waals surface area contributed by atoms with Gasteiger partial charge in [0.05, 0.1) is 16.3 Å². The van der Waals surface area contributed by atoms with Gasteiger partial charge in [-0.05, 0) is 31.2 Å². The van der Waals surface area contributed by atoms with Crippen molar-refractivity contribution in [2.45, 2.75) is 6.92 Å². The van der Waals surface area contributed by atoms with Crippen LogP contribution in [0, 0.1) is 0 Å². The van der Waals surface area contributed by atoms with Gasteiger partial charge < -0.3 is 9.25 Å². The molecule has 1 aromatic heterocycles. The van der Waals surface area contributed by atoms with Crippen molar-refractivity contribution in [1.82, 2.24) is 0 Å². The first-order chi connectivity index (χ1) is 8.72. The smallest absolute Gasteiger partial charge is 0.156 e. The van der Waals surface area contributed by atoms with Crippen LogP contribution >= 0.6 is 23.2 Å². The molecule has 0 spiro atoms. The highest BCUT2D eigenvalue weighted by Gasteiger charge is 2.12. The quantitative estimate of drug-likeness (QED) is 0.617. The number of hydrogen-bond donors (Lipinski definition) is 0. The van der Waals surface area contributed by atoms with Gasteiger partial charge in [0.1, 0.15) is 6.61 Å². The summed E-state index contributed by atoms with van der Waals surface area (Å²) in [6.45, 7) is 2.34. The molecule has 0 radical (unpaired) electrons. The fourth-order valence-corrected chi connectivity index (χ4v) is 1.72. The summed E-state index contributed by atoms with van der Waals surface area (Å²) in [5.74, 6) is 0.613. The summed E-state index contributed by atoms with van der Waals surface area (Å²) >= 11 is 11.9. The van der Waals surface area contributed by atoms with E-state index in [4.69, 9.17) is 32.5 Å². The van der Waals surface area contributed by atoms with E-state index < -0.39 is 0 Å². The molecule has 94 valence electrons. The van der Waals surface area contributed by atoms with Crippen LogP contribution in [-0.2, 0) is 4.84 Å². The highest BCUT2D eigenvalue weighted by molar-refractivity contribution is 6.42. The Labute approximate surface area is 115 Å². The van der Waals surface area contributed by atoms with Gasteiger partial charge >= 0.3 is 0 Å². The molecule has 2 aromatic rings. The lowest BCUT2D eigenvalue weighted by molar-refractivity contribution is 0.159. The molecule has 1 heterocycles. The number of rotatable bonds is 4. The van der Waals surface area contributed by atoms with Crippen molar-refractivity contribution in [3.8, 4) is 0 Å². The third-order valence-corrected chi connectivity index (χ3v) is 2.97. The molecule has 0 fully saturated rings. The van der Waals surface area contributed by atoms with Crippen molar-refractivity contribution in [1.29, 1.82) is 0 Å². The van der Waals surface area contributed by atoms with Gasteiger partial charge in [0.25, 0.3) is 0 Å². The first-order valence-corrected chi connectivity index (χ1v) is 6.17. The highest BCUT2D eigenvalue weighted by atomic mass is 35.5. The Balaban J connectivity index is 2.43. The molecule has 0 N–H and O–H groups in total. The van der Waals surface area contributed by atoms with Crippen LogP contribution < -0.4 is 0 Å². The minimum atomic E-state index is 0.463. The van der Waals surface area contributed by atoms with Crippen LogP contribution in [-0.4, -0.2) is 12.3 Å². The Bertz CT molecular complexity index is 550. The van der Waals surface area contributed by atoms with Gasteiger partial charge in [-0.15, -0.1) is 0 Å². The Morgan fingerprint density at radius 3 is 2.72 bits per heavy atom.